The van der Waals surface area contributed by atoms with Gasteiger partial charge in [0.05, 0.1) is 25.4 Å². The summed E-state index contributed by atoms with van der Waals surface area (Å²) in [5, 5.41) is 13.3. The summed E-state index contributed by atoms with van der Waals surface area (Å²) in [5.74, 6) is 0. The van der Waals surface area contributed by atoms with Gasteiger partial charge in [0.1, 0.15) is 0 Å². The van der Waals surface area contributed by atoms with Gasteiger partial charge in [0.2, 0.25) is 0 Å². The number of benzene rings is 2. The molecular weight excluding hydrogens is 312 g/mol. The first-order chi connectivity index (χ1) is 12.3. The van der Waals surface area contributed by atoms with Gasteiger partial charge in [-0.3, -0.25) is 4.90 Å². The lowest BCUT2D eigenvalue weighted by Gasteiger charge is -2.37. The van der Waals surface area contributed by atoms with Crippen LogP contribution < -0.4 is 5.32 Å². The molecule has 1 aliphatic heterocycles. The highest BCUT2D eigenvalue weighted by molar-refractivity contribution is 5.19. The summed E-state index contributed by atoms with van der Waals surface area (Å²) in [4.78, 5) is 2.44. The Bertz CT molecular complexity index is 620. The van der Waals surface area contributed by atoms with E-state index < -0.39 is 0 Å². The molecular formula is C21H28N2O2. The Kier molecular flexibility index (Phi) is 6.59. The van der Waals surface area contributed by atoms with Crippen LogP contribution in [0.2, 0.25) is 0 Å². The van der Waals surface area contributed by atoms with Crippen molar-refractivity contribution >= 4 is 0 Å². The number of ether oxygens (including phenoxy) is 1. The number of hydrogen-bond acceptors (Lipinski definition) is 4. The maximum Gasteiger partial charge on any atom is 0.0852 e. The van der Waals surface area contributed by atoms with Crippen molar-refractivity contribution in [1.29, 1.82) is 0 Å². The van der Waals surface area contributed by atoms with Crippen molar-refractivity contribution in [2.24, 2.45) is 0 Å². The highest BCUT2D eigenvalue weighted by Gasteiger charge is 2.27. The molecule has 0 unspecified atom stereocenters. The fourth-order valence-corrected chi connectivity index (χ4v) is 3.38. The largest absolute Gasteiger partial charge is 0.394 e. The summed E-state index contributed by atoms with van der Waals surface area (Å²) < 4.78 is 6.00. The zero-order chi connectivity index (χ0) is 17.5. The van der Waals surface area contributed by atoms with Crippen LogP contribution >= 0.6 is 0 Å². The summed E-state index contributed by atoms with van der Waals surface area (Å²) in [6.07, 6.45) is 0.121. The van der Waals surface area contributed by atoms with Crippen molar-refractivity contribution in [2.45, 2.75) is 31.7 Å². The molecule has 3 atom stereocenters. The molecule has 0 amide bonds. The molecule has 0 aromatic heterocycles. The van der Waals surface area contributed by atoms with E-state index in [1.54, 1.807) is 0 Å². The average Bonchev–Trinajstić information content (AvgIpc) is 2.67. The summed E-state index contributed by atoms with van der Waals surface area (Å²) >= 11 is 0. The monoisotopic (exact) mass is 340 g/mol. The molecule has 2 aromatic rings. The van der Waals surface area contributed by atoms with Gasteiger partial charge in [-0.15, -0.1) is 0 Å². The van der Waals surface area contributed by atoms with Crippen LogP contribution in [-0.2, 0) is 11.3 Å². The van der Waals surface area contributed by atoms with E-state index in [1.165, 1.54) is 5.56 Å². The second-order valence-electron chi connectivity index (χ2n) is 6.73. The third-order valence-corrected chi connectivity index (χ3v) is 4.83. The number of morpholine rings is 1. The summed E-state index contributed by atoms with van der Waals surface area (Å²) in [6, 6.07) is 20.8. The second kappa shape index (κ2) is 9.11. The molecule has 0 spiro atoms. The molecule has 134 valence electrons. The lowest BCUT2D eigenvalue weighted by Crippen LogP contribution is -2.51. The van der Waals surface area contributed by atoms with Gasteiger partial charge < -0.3 is 15.2 Å². The van der Waals surface area contributed by atoms with Gasteiger partial charge in [0.25, 0.3) is 0 Å². The van der Waals surface area contributed by atoms with Crippen LogP contribution in [0.25, 0.3) is 0 Å². The minimum absolute atomic E-state index is 0.0655. The molecule has 4 nitrogen and oxygen atoms in total. The first-order valence-electron chi connectivity index (χ1n) is 9.06. The maximum absolute atomic E-state index is 9.76. The Morgan fingerprint density at radius 1 is 1.12 bits per heavy atom. The van der Waals surface area contributed by atoms with E-state index in [0.717, 1.165) is 31.8 Å². The van der Waals surface area contributed by atoms with Crippen molar-refractivity contribution < 1.29 is 9.84 Å². The number of aliphatic hydroxyl groups is 1. The summed E-state index contributed by atoms with van der Waals surface area (Å²) in [7, 11) is 0. The van der Waals surface area contributed by atoms with E-state index in [4.69, 9.17) is 4.74 Å². The third kappa shape index (κ3) is 5.13. The van der Waals surface area contributed by atoms with Gasteiger partial charge in [0, 0.05) is 25.7 Å². The van der Waals surface area contributed by atoms with E-state index in [2.05, 4.69) is 47.5 Å². The van der Waals surface area contributed by atoms with Crippen LogP contribution in [0.3, 0.4) is 0 Å². The quantitative estimate of drug-likeness (QED) is 0.813. The molecule has 3 rings (SSSR count). The Morgan fingerprint density at radius 2 is 1.80 bits per heavy atom. The van der Waals surface area contributed by atoms with Crippen LogP contribution in [0.5, 0.6) is 0 Å². The molecule has 0 bridgehead atoms. The molecule has 0 radical (unpaired) electrons. The fraction of sp³-hybridized carbons (Fsp3) is 0.429. The van der Waals surface area contributed by atoms with Crippen LogP contribution in [0, 0.1) is 0 Å². The molecule has 0 saturated carbocycles. The molecule has 0 aliphatic carbocycles. The Labute approximate surface area is 150 Å². The highest BCUT2D eigenvalue weighted by Crippen LogP contribution is 2.17. The Hall–Kier alpha value is -1.72. The normalized spacial score (nSPS) is 21.0. The van der Waals surface area contributed by atoms with Gasteiger partial charge in [-0.1, -0.05) is 60.7 Å². The van der Waals surface area contributed by atoms with Crippen molar-refractivity contribution in [3.8, 4) is 0 Å². The lowest BCUT2D eigenvalue weighted by atomic mass is 10.0. The van der Waals surface area contributed by atoms with Gasteiger partial charge in [-0.05, 0) is 18.1 Å². The highest BCUT2D eigenvalue weighted by atomic mass is 16.5. The zero-order valence-electron chi connectivity index (χ0n) is 14.8. The SMILES string of the molecule is C[C@H](N[C@H](CO)c1ccccc1)[C@@H]1CN(Cc2ccccc2)CCO1. The van der Waals surface area contributed by atoms with Crippen LogP contribution in [-0.4, -0.2) is 48.5 Å². The smallest absolute Gasteiger partial charge is 0.0852 e. The van der Waals surface area contributed by atoms with E-state index in [1.807, 2.05) is 30.3 Å². The predicted octanol–water partition coefficient (Wildman–Crippen LogP) is 2.60. The van der Waals surface area contributed by atoms with E-state index in [9.17, 15) is 5.11 Å². The molecule has 25 heavy (non-hydrogen) atoms. The third-order valence-electron chi connectivity index (χ3n) is 4.83. The lowest BCUT2D eigenvalue weighted by molar-refractivity contribution is -0.0486. The second-order valence-corrected chi connectivity index (χ2v) is 6.73. The Balaban J connectivity index is 1.57. The standard InChI is InChI=1S/C21H28N2O2/c1-17(22-20(16-24)19-10-6-3-7-11-19)21-15-23(12-13-25-21)14-18-8-4-2-5-9-18/h2-11,17,20-22,24H,12-16H2,1H3/t17-,20+,21-/m0/s1. The zero-order valence-corrected chi connectivity index (χ0v) is 14.8. The molecule has 1 heterocycles. The molecule has 2 aromatic carbocycles. The first kappa shape index (κ1) is 18.1. The van der Waals surface area contributed by atoms with Gasteiger partial charge in [-0.2, -0.15) is 0 Å². The molecule has 1 aliphatic rings. The topological polar surface area (TPSA) is 44.7 Å². The van der Waals surface area contributed by atoms with Crippen molar-refractivity contribution in [3.05, 3.63) is 71.8 Å². The fourth-order valence-electron chi connectivity index (χ4n) is 3.38. The maximum atomic E-state index is 9.76. The Morgan fingerprint density at radius 3 is 2.48 bits per heavy atom. The predicted molar refractivity (Wildman–Crippen MR) is 100 cm³/mol. The molecule has 1 fully saturated rings. The van der Waals surface area contributed by atoms with Crippen LogP contribution in [0.15, 0.2) is 60.7 Å². The number of aliphatic hydroxyl groups excluding tert-OH is 1. The number of nitrogens with zero attached hydrogens (tertiary/aromatic N) is 1. The molecule has 2 N–H and O–H groups in total. The minimum atomic E-state index is -0.0655. The van der Waals surface area contributed by atoms with Crippen molar-refractivity contribution in [1.82, 2.24) is 10.2 Å². The number of nitrogens with one attached hydrogen (secondary N) is 1. The van der Waals surface area contributed by atoms with Gasteiger partial charge in [-0.25, -0.2) is 0 Å². The molecule has 4 heteroatoms. The summed E-state index contributed by atoms with van der Waals surface area (Å²) in [5.41, 5.74) is 2.44. The van der Waals surface area contributed by atoms with Crippen molar-refractivity contribution in [2.75, 3.05) is 26.3 Å². The van der Waals surface area contributed by atoms with E-state index in [0.29, 0.717) is 0 Å². The average molecular weight is 340 g/mol. The number of rotatable bonds is 7. The van der Waals surface area contributed by atoms with Gasteiger partial charge >= 0.3 is 0 Å². The number of hydrogen-bond donors (Lipinski definition) is 2. The van der Waals surface area contributed by atoms with Crippen LogP contribution in [0.1, 0.15) is 24.1 Å². The van der Waals surface area contributed by atoms with Gasteiger partial charge in [0.15, 0.2) is 0 Å². The van der Waals surface area contributed by atoms with Crippen molar-refractivity contribution in [3.63, 3.8) is 0 Å². The first-order valence-corrected chi connectivity index (χ1v) is 9.06. The van der Waals surface area contributed by atoms with Crippen LogP contribution in [0.4, 0.5) is 0 Å². The van der Waals surface area contributed by atoms with E-state index >= 15 is 0 Å². The molecule has 1 saturated heterocycles. The van der Waals surface area contributed by atoms with E-state index in [-0.39, 0.29) is 24.8 Å². The summed E-state index contributed by atoms with van der Waals surface area (Å²) in [6.45, 7) is 5.78. The minimum Gasteiger partial charge on any atom is -0.394 e.